The molecule has 2 heterocycles. The van der Waals surface area contributed by atoms with Crippen molar-refractivity contribution in [2.24, 2.45) is 5.92 Å². The van der Waals surface area contributed by atoms with Gasteiger partial charge in [-0.2, -0.15) is 0 Å². The molecule has 4 rings (SSSR count). The van der Waals surface area contributed by atoms with Gasteiger partial charge in [0.2, 0.25) is 5.91 Å². The summed E-state index contributed by atoms with van der Waals surface area (Å²) >= 11 is 0. The van der Waals surface area contributed by atoms with Crippen molar-refractivity contribution in [2.45, 2.75) is 43.9 Å². The maximum Gasteiger partial charge on any atom is 0.223 e. The van der Waals surface area contributed by atoms with Crippen molar-refractivity contribution in [3.8, 4) is 11.5 Å². The summed E-state index contributed by atoms with van der Waals surface area (Å²) in [6.07, 6.45) is 6.32. The minimum absolute atomic E-state index is 0.0245. The van der Waals surface area contributed by atoms with Crippen LogP contribution >= 0.6 is 0 Å². The maximum atomic E-state index is 12.5. The van der Waals surface area contributed by atoms with Crippen LogP contribution < -0.4 is 14.8 Å². The highest BCUT2D eigenvalue weighted by atomic mass is 16.6. The maximum absolute atomic E-state index is 12.5. The van der Waals surface area contributed by atoms with Crippen LogP contribution in [0, 0.1) is 5.92 Å². The number of carbonyl (C=O) groups excluding carboxylic acids is 1. The smallest absolute Gasteiger partial charge is 0.223 e. The summed E-state index contributed by atoms with van der Waals surface area (Å²) in [5, 5.41) is 3.25. The van der Waals surface area contributed by atoms with E-state index in [0.717, 1.165) is 37.2 Å². The van der Waals surface area contributed by atoms with Crippen molar-refractivity contribution in [2.75, 3.05) is 33.0 Å². The van der Waals surface area contributed by atoms with Gasteiger partial charge in [-0.25, -0.2) is 0 Å². The fourth-order valence-electron chi connectivity index (χ4n) is 4.35. The third-order valence-electron chi connectivity index (χ3n) is 5.91. The molecule has 1 N–H and O–H groups in total. The topological polar surface area (TPSA) is 56.8 Å². The molecule has 1 saturated carbocycles. The van der Waals surface area contributed by atoms with Gasteiger partial charge in [-0.3, -0.25) is 4.79 Å². The van der Waals surface area contributed by atoms with Crippen LogP contribution in [0.2, 0.25) is 0 Å². The first-order chi connectivity index (χ1) is 12.3. The molecule has 5 heteroatoms. The Morgan fingerprint density at radius 1 is 1.04 bits per heavy atom. The molecule has 2 fully saturated rings. The van der Waals surface area contributed by atoms with E-state index in [4.69, 9.17) is 14.2 Å². The number of carbonyl (C=O) groups is 1. The molecular weight excluding hydrogens is 318 g/mol. The highest BCUT2D eigenvalue weighted by molar-refractivity contribution is 5.78. The highest BCUT2D eigenvalue weighted by Crippen LogP contribution is 2.43. The summed E-state index contributed by atoms with van der Waals surface area (Å²) in [6.45, 7) is 3.32. The lowest BCUT2D eigenvalue weighted by atomic mass is 9.78. The molecule has 0 atom stereocenters. The number of benzene rings is 1. The van der Waals surface area contributed by atoms with Gasteiger partial charge in [-0.1, -0.05) is 18.9 Å². The summed E-state index contributed by atoms with van der Waals surface area (Å²) in [5.41, 5.74) is 1.29. The third kappa shape index (κ3) is 3.47. The van der Waals surface area contributed by atoms with Gasteiger partial charge in [0, 0.05) is 31.1 Å². The van der Waals surface area contributed by atoms with Gasteiger partial charge in [0.15, 0.2) is 11.5 Å². The van der Waals surface area contributed by atoms with E-state index in [2.05, 4.69) is 17.4 Å². The molecule has 0 spiro atoms. The highest BCUT2D eigenvalue weighted by Gasteiger charge is 2.37. The quantitative estimate of drug-likeness (QED) is 0.912. The van der Waals surface area contributed by atoms with E-state index >= 15 is 0 Å². The van der Waals surface area contributed by atoms with Crippen LogP contribution in [-0.2, 0) is 14.9 Å². The number of amides is 1. The number of hydrogen-bond acceptors (Lipinski definition) is 4. The Hall–Kier alpha value is -1.75. The van der Waals surface area contributed by atoms with Crippen LogP contribution in [0.3, 0.4) is 0 Å². The molecule has 5 nitrogen and oxygen atoms in total. The lowest BCUT2D eigenvalue weighted by Gasteiger charge is -2.32. The predicted octanol–water partition coefficient (Wildman–Crippen LogP) is 2.81. The Balaban J connectivity index is 1.48. The number of hydrogen-bond donors (Lipinski definition) is 1. The summed E-state index contributed by atoms with van der Waals surface area (Å²) < 4.78 is 16.8. The zero-order valence-corrected chi connectivity index (χ0v) is 14.7. The molecule has 2 aliphatic heterocycles. The monoisotopic (exact) mass is 345 g/mol. The molecule has 25 heavy (non-hydrogen) atoms. The number of rotatable bonds is 4. The van der Waals surface area contributed by atoms with Gasteiger partial charge in [0.05, 0.1) is 0 Å². The van der Waals surface area contributed by atoms with E-state index in [1.165, 1.54) is 18.4 Å². The van der Waals surface area contributed by atoms with Gasteiger partial charge in [-0.15, -0.1) is 0 Å². The van der Waals surface area contributed by atoms with Crippen LogP contribution in [0.15, 0.2) is 18.2 Å². The Morgan fingerprint density at radius 2 is 1.76 bits per heavy atom. The largest absolute Gasteiger partial charge is 0.486 e. The molecule has 1 aliphatic carbocycles. The van der Waals surface area contributed by atoms with Crippen molar-refractivity contribution in [3.05, 3.63) is 23.8 Å². The Bertz CT molecular complexity index is 618. The molecule has 0 radical (unpaired) electrons. The molecule has 0 bridgehead atoms. The SMILES string of the molecule is O=C(NCC1(c2ccc3c(c2)OCCO3)CCCC1)C1CCOCC1. The average Bonchev–Trinajstić information content (AvgIpc) is 3.16. The van der Waals surface area contributed by atoms with Crippen molar-refractivity contribution >= 4 is 5.91 Å². The van der Waals surface area contributed by atoms with E-state index in [9.17, 15) is 4.79 Å². The molecule has 1 aromatic carbocycles. The first-order valence-corrected chi connectivity index (χ1v) is 9.52. The zero-order valence-electron chi connectivity index (χ0n) is 14.7. The van der Waals surface area contributed by atoms with Crippen LogP contribution in [0.1, 0.15) is 44.1 Å². The fourth-order valence-corrected chi connectivity index (χ4v) is 4.35. The number of fused-ring (bicyclic) bond motifs is 1. The Labute approximate surface area is 149 Å². The zero-order chi connectivity index (χ0) is 17.1. The van der Waals surface area contributed by atoms with Crippen LogP contribution in [0.25, 0.3) is 0 Å². The van der Waals surface area contributed by atoms with Gasteiger partial charge in [0.1, 0.15) is 13.2 Å². The number of ether oxygens (including phenoxy) is 3. The van der Waals surface area contributed by atoms with Crippen LogP contribution in [0.4, 0.5) is 0 Å². The Morgan fingerprint density at radius 3 is 2.52 bits per heavy atom. The first kappa shape index (κ1) is 16.7. The van der Waals surface area contributed by atoms with Crippen molar-refractivity contribution < 1.29 is 19.0 Å². The van der Waals surface area contributed by atoms with Crippen molar-refractivity contribution in [3.63, 3.8) is 0 Å². The van der Waals surface area contributed by atoms with Gasteiger partial charge in [0.25, 0.3) is 0 Å². The van der Waals surface area contributed by atoms with E-state index in [-0.39, 0.29) is 17.2 Å². The molecular formula is C20H27NO4. The summed E-state index contributed by atoms with van der Waals surface area (Å²) in [6, 6.07) is 6.30. The average molecular weight is 345 g/mol. The second kappa shape index (κ2) is 7.24. The number of nitrogens with one attached hydrogen (secondary N) is 1. The van der Waals surface area contributed by atoms with Crippen molar-refractivity contribution in [1.29, 1.82) is 0 Å². The molecule has 0 aromatic heterocycles. The Kier molecular flexibility index (Phi) is 4.84. The summed E-state index contributed by atoms with van der Waals surface area (Å²) in [5.74, 6) is 1.96. The van der Waals surface area contributed by atoms with E-state index < -0.39 is 0 Å². The second-order valence-electron chi connectivity index (χ2n) is 7.45. The molecule has 1 amide bonds. The van der Waals surface area contributed by atoms with Crippen molar-refractivity contribution in [1.82, 2.24) is 5.32 Å². The molecule has 3 aliphatic rings. The third-order valence-corrected chi connectivity index (χ3v) is 5.91. The minimum Gasteiger partial charge on any atom is -0.486 e. The van der Waals surface area contributed by atoms with Gasteiger partial charge in [-0.05, 0) is 43.4 Å². The van der Waals surface area contributed by atoms with E-state index in [1.54, 1.807) is 0 Å². The second-order valence-corrected chi connectivity index (χ2v) is 7.45. The van der Waals surface area contributed by atoms with Gasteiger partial charge >= 0.3 is 0 Å². The van der Waals surface area contributed by atoms with Crippen LogP contribution in [-0.4, -0.2) is 38.9 Å². The molecule has 1 saturated heterocycles. The molecule has 1 aromatic rings. The lowest BCUT2D eigenvalue weighted by Crippen LogP contribution is -2.42. The van der Waals surface area contributed by atoms with Crippen LogP contribution in [0.5, 0.6) is 11.5 Å². The fraction of sp³-hybridized carbons (Fsp3) is 0.650. The normalized spacial score (nSPS) is 22.6. The summed E-state index contributed by atoms with van der Waals surface area (Å²) in [7, 11) is 0. The summed E-state index contributed by atoms with van der Waals surface area (Å²) in [4.78, 5) is 12.5. The molecule has 0 unspecified atom stereocenters. The van der Waals surface area contributed by atoms with E-state index in [0.29, 0.717) is 33.0 Å². The minimum atomic E-state index is 0.0245. The predicted molar refractivity (Wildman–Crippen MR) is 94.1 cm³/mol. The van der Waals surface area contributed by atoms with E-state index in [1.807, 2.05) is 6.07 Å². The first-order valence-electron chi connectivity index (χ1n) is 9.52. The lowest BCUT2D eigenvalue weighted by molar-refractivity contribution is -0.128. The molecule has 136 valence electrons. The standard InChI is InChI=1S/C20H27NO4/c22-19(15-5-9-23-10-6-15)21-14-20(7-1-2-8-20)16-3-4-17-18(13-16)25-12-11-24-17/h3-4,13,15H,1-2,5-12,14H2,(H,21,22). The van der Waals surface area contributed by atoms with Gasteiger partial charge < -0.3 is 19.5 Å².